The molecule has 0 saturated carbocycles. The normalized spacial score (nSPS) is 17.6. The first-order valence-corrected chi connectivity index (χ1v) is 7.99. The van der Waals surface area contributed by atoms with E-state index in [9.17, 15) is 9.59 Å². The van der Waals surface area contributed by atoms with Crippen LogP contribution in [0.25, 0.3) is 0 Å². The molecule has 1 aliphatic heterocycles. The number of nitrogens with two attached hydrogens (primary N) is 1. The molecule has 2 amide bonds. The van der Waals surface area contributed by atoms with E-state index >= 15 is 0 Å². The van der Waals surface area contributed by atoms with Gasteiger partial charge in [-0.2, -0.15) is 0 Å². The Kier molecular flexibility index (Phi) is 4.25. The van der Waals surface area contributed by atoms with Crippen LogP contribution in [-0.2, 0) is 9.59 Å². The highest BCUT2D eigenvalue weighted by Crippen LogP contribution is 2.34. The average Bonchev–Trinajstić information content (AvgIpc) is 2.81. The molecular formula is C17H16N2O3S. The van der Waals surface area contributed by atoms with Crippen LogP contribution in [0.4, 0.5) is 11.4 Å². The van der Waals surface area contributed by atoms with E-state index in [1.165, 1.54) is 16.7 Å². The van der Waals surface area contributed by atoms with E-state index in [0.717, 1.165) is 4.90 Å². The first-order chi connectivity index (χ1) is 11.1. The third-order valence-electron chi connectivity index (χ3n) is 3.57. The van der Waals surface area contributed by atoms with E-state index in [0.29, 0.717) is 17.1 Å². The molecule has 2 aromatic rings. The molecule has 6 heteroatoms. The molecule has 0 radical (unpaired) electrons. The minimum atomic E-state index is -0.425. The zero-order valence-electron chi connectivity index (χ0n) is 12.6. The number of hydrogen-bond acceptors (Lipinski definition) is 5. The van der Waals surface area contributed by atoms with Crippen LogP contribution in [0.5, 0.6) is 5.75 Å². The van der Waals surface area contributed by atoms with Crippen LogP contribution in [0.1, 0.15) is 6.42 Å². The van der Waals surface area contributed by atoms with Crippen molar-refractivity contribution in [2.24, 2.45) is 0 Å². The molecule has 23 heavy (non-hydrogen) atoms. The minimum absolute atomic E-state index is 0.185. The Bertz CT molecular complexity index is 746. The lowest BCUT2D eigenvalue weighted by molar-refractivity contribution is -0.121. The van der Waals surface area contributed by atoms with Crippen molar-refractivity contribution < 1.29 is 14.3 Å². The second-order valence-electron chi connectivity index (χ2n) is 5.15. The number of nitrogen functional groups attached to an aromatic ring is 1. The molecule has 1 heterocycles. The van der Waals surface area contributed by atoms with Crippen molar-refractivity contribution in [3.8, 4) is 5.75 Å². The third-order valence-corrected chi connectivity index (χ3v) is 4.75. The summed E-state index contributed by atoms with van der Waals surface area (Å²) in [5, 5.41) is -0.425. The van der Waals surface area contributed by atoms with Gasteiger partial charge in [0, 0.05) is 17.0 Å². The molecule has 3 rings (SSSR count). The minimum Gasteiger partial charge on any atom is -0.497 e. The Labute approximate surface area is 138 Å². The lowest BCUT2D eigenvalue weighted by Gasteiger charge is -2.15. The Morgan fingerprint density at radius 1 is 1.17 bits per heavy atom. The number of amides is 2. The van der Waals surface area contributed by atoms with Gasteiger partial charge >= 0.3 is 0 Å². The van der Waals surface area contributed by atoms with Crippen LogP contribution in [0.3, 0.4) is 0 Å². The van der Waals surface area contributed by atoms with Crippen LogP contribution in [-0.4, -0.2) is 24.2 Å². The number of anilines is 2. The fourth-order valence-electron chi connectivity index (χ4n) is 2.45. The lowest BCUT2D eigenvalue weighted by atomic mass is 10.3. The molecule has 0 unspecified atom stereocenters. The van der Waals surface area contributed by atoms with Gasteiger partial charge in [0.25, 0.3) is 0 Å². The third kappa shape index (κ3) is 3.17. The maximum absolute atomic E-state index is 12.6. The fourth-order valence-corrected chi connectivity index (χ4v) is 3.57. The van der Waals surface area contributed by atoms with Crippen molar-refractivity contribution >= 4 is 35.0 Å². The highest BCUT2D eigenvalue weighted by molar-refractivity contribution is 8.00. The molecule has 0 spiro atoms. The maximum atomic E-state index is 12.6. The Hall–Kier alpha value is -2.47. The van der Waals surface area contributed by atoms with E-state index in [2.05, 4.69) is 0 Å². The number of methoxy groups -OCH3 is 1. The van der Waals surface area contributed by atoms with E-state index in [4.69, 9.17) is 10.5 Å². The Morgan fingerprint density at radius 3 is 2.57 bits per heavy atom. The summed E-state index contributed by atoms with van der Waals surface area (Å²) >= 11 is 1.37. The summed E-state index contributed by atoms with van der Waals surface area (Å²) in [5.41, 5.74) is 6.96. The van der Waals surface area contributed by atoms with E-state index in [-0.39, 0.29) is 18.2 Å². The molecule has 2 aromatic carbocycles. The zero-order valence-corrected chi connectivity index (χ0v) is 13.4. The highest BCUT2D eigenvalue weighted by atomic mass is 32.2. The maximum Gasteiger partial charge on any atom is 0.247 e. The SMILES string of the molecule is COc1ccc(N2C(=O)C[C@@H](Sc3cccc(N)c3)C2=O)cc1. The van der Waals surface area contributed by atoms with Gasteiger partial charge in [-0.25, -0.2) is 4.90 Å². The van der Waals surface area contributed by atoms with E-state index in [1.54, 1.807) is 43.5 Å². The van der Waals surface area contributed by atoms with Gasteiger partial charge in [-0.05, 0) is 42.5 Å². The van der Waals surface area contributed by atoms with Crippen LogP contribution in [0.15, 0.2) is 53.4 Å². The van der Waals surface area contributed by atoms with Crippen LogP contribution in [0.2, 0.25) is 0 Å². The van der Waals surface area contributed by atoms with Gasteiger partial charge < -0.3 is 10.5 Å². The molecule has 1 atom stereocenters. The highest BCUT2D eigenvalue weighted by Gasteiger charge is 2.40. The summed E-state index contributed by atoms with van der Waals surface area (Å²) in [4.78, 5) is 26.9. The van der Waals surface area contributed by atoms with Gasteiger partial charge in [-0.15, -0.1) is 11.8 Å². The van der Waals surface area contributed by atoms with Crippen molar-refractivity contribution in [3.05, 3.63) is 48.5 Å². The second kappa shape index (κ2) is 6.34. The van der Waals surface area contributed by atoms with Crippen molar-refractivity contribution in [2.45, 2.75) is 16.6 Å². The van der Waals surface area contributed by atoms with Crippen molar-refractivity contribution in [1.29, 1.82) is 0 Å². The topological polar surface area (TPSA) is 72.6 Å². The van der Waals surface area contributed by atoms with Crippen molar-refractivity contribution in [3.63, 3.8) is 0 Å². The molecular weight excluding hydrogens is 312 g/mol. The van der Waals surface area contributed by atoms with Crippen LogP contribution < -0.4 is 15.4 Å². The van der Waals surface area contributed by atoms with Gasteiger partial charge in [-0.1, -0.05) is 6.07 Å². The largest absolute Gasteiger partial charge is 0.497 e. The monoisotopic (exact) mass is 328 g/mol. The summed E-state index contributed by atoms with van der Waals surface area (Å²) in [5.74, 6) is 0.285. The number of ether oxygens (including phenoxy) is 1. The zero-order chi connectivity index (χ0) is 16.4. The first-order valence-electron chi connectivity index (χ1n) is 7.11. The summed E-state index contributed by atoms with van der Waals surface area (Å²) in [6.45, 7) is 0. The predicted molar refractivity (Wildman–Crippen MR) is 90.6 cm³/mol. The number of nitrogens with zero attached hydrogens (tertiary/aromatic N) is 1. The van der Waals surface area contributed by atoms with Crippen LogP contribution in [0, 0.1) is 0 Å². The Balaban J connectivity index is 1.79. The standard InChI is InChI=1S/C17H16N2O3S/c1-22-13-7-5-12(6-8-13)19-16(20)10-15(17(19)21)23-14-4-2-3-11(18)9-14/h2-9,15H,10,18H2,1H3/t15-/m1/s1. The lowest BCUT2D eigenvalue weighted by Crippen LogP contribution is -2.31. The Morgan fingerprint density at radius 2 is 1.91 bits per heavy atom. The predicted octanol–water partition coefficient (Wildman–Crippen LogP) is 2.70. The molecule has 1 fully saturated rings. The summed E-state index contributed by atoms with van der Waals surface area (Å²) < 4.78 is 5.09. The van der Waals surface area contributed by atoms with Crippen molar-refractivity contribution in [2.75, 3.05) is 17.7 Å². The van der Waals surface area contributed by atoms with Crippen molar-refractivity contribution in [1.82, 2.24) is 0 Å². The number of carbonyl (C=O) groups is 2. The summed E-state index contributed by atoms with van der Waals surface area (Å²) in [6, 6.07) is 14.2. The fraction of sp³-hybridized carbons (Fsp3) is 0.176. The number of thioether (sulfide) groups is 1. The van der Waals surface area contributed by atoms with E-state index in [1.807, 2.05) is 12.1 Å². The molecule has 0 aliphatic carbocycles. The first kappa shape index (κ1) is 15.4. The molecule has 0 aromatic heterocycles. The molecule has 2 N–H and O–H groups in total. The summed E-state index contributed by atoms with van der Waals surface area (Å²) in [6.07, 6.45) is 0.185. The van der Waals surface area contributed by atoms with Gasteiger partial charge in [0.05, 0.1) is 18.0 Å². The number of benzene rings is 2. The molecule has 0 bridgehead atoms. The average molecular weight is 328 g/mol. The number of hydrogen-bond donors (Lipinski definition) is 1. The quantitative estimate of drug-likeness (QED) is 0.690. The number of rotatable bonds is 4. The van der Waals surface area contributed by atoms with Gasteiger partial charge in [0.1, 0.15) is 5.75 Å². The molecule has 1 aliphatic rings. The van der Waals surface area contributed by atoms with Gasteiger partial charge in [0.2, 0.25) is 11.8 Å². The van der Waals surface area contributed by atoms with Gasteiger partial charge in [-0.3, -0.25) is 9.59 Å². The molecule has 118 valence electrons. The van der Waals surface area contributed by atoms with Crippen LogP contribution >= 0.6 is 11.8 Å². The van der Waals surface area contributed by atoms with E-state index < -0.39 is 5.25 Å². The molecule has 1 saturated heterocycles. The van der Waals surface area contributed by atoms with Gasteiger partial charge in [0.15, 0.2) is 0 Å². The number of imide groups is 1. The summed E-state index contributed by atoms with van der Waals surface area (Å²) in [7, 11) is 1.57. The molecule has 5 nitrogen and oxygen atoms in total. The number of carbonyl (C=O) groups excluding carboxylic acids is 2. The second-order valence-corrected chi connectivity index (χ2v) is 6.42. The smallest absolute Gasteiger partial charge is 0.247 e.